The van der Waals surface area contributed by atoms with Gasteiger partial charge in [-0.3, -0.25) is 4.79 Å². The molecule has 4 nitrogen and oxygen atoms in total. The van der Waals surface area contributed by atoms with Crippen LogP contribution in [-0.2, 0) is 12.0 Å². The summed E-state index contributed by atoms with van der Waals surface area (Å²) >= 11 is 0. The molecule has 1 rings (SSSR count). The summed E-state index contributed by atoms with van der Waals surface area (Å²) in [7, 11) is 3.75. The zero-order valence-electron chi connectivity index (χ0n) is 13.5. The zero-order chi connectivity index (χ0) is 15.9. The Hall–Kier alpha value is -1.39. The Labute approximate surface area is 122 Å². The van der Waals surface area contributed by atoms with E-state index < -0.39 is 0 Å². The van der Waals surface area contributed by atoms with E-state index in [1.807, 2.05) is 20.2 Å². The van der Waals surface area contributed by atoms with Crippen molar-refractivity contribution >= 4 is 5.78 Å². The predicted octanol–water partition coefficient (Wildman–Crippen LogP) is 2.58. The van der Waals surface area contributed by atoms with Crippen molar-refractivity contribution in [3.05, 3.63) is 28.8 Å². The highest BCUT2D eigenvalue weighted by atomic mass is 16.3. The lowest BCUT2D eigenvalue weighted by molar-refractivity contribution is 0.0985. The van der Waals surface area contributed by atoms with Gasteiger partial charge in [-0.25, -0.2) is 0 Å². The highest BCUT2D eigenvalue weighted by Crippen LogP contribution is 2.31. The highest BCUT2D eigenvalue weighted by molar-refractivity contribution is 5.99. The maximum Gasteiger partial charge on any atom is 0.166 e. The third-order valence-corrected chi connectivity index (χ3v) is 2.90. The van der Waals surface area contributed by atoms with E-state index in [0.717, 1.165) is 5.56 Å². The average Bonchev–Trinajstić information content (AvgIpc) is 2.37. The first kappa shape index (κ1) is 18.6. The van der Waals surface area contributed by atoms with E-state index in [9.17, 15) is 9.90 Å². The summed E-state index contributed by atoms with van der Waals surface area (Å²) in [6.07, 6.45) is 0.380. The van der Waals surface area contributed by atoms with Crippen molar-refractivity contribution in [2.24, 2.45) is 5.73 Å². The van der Waals surface area contributed by atoms with Crippen molar-refractivity contribution in [1.82, 2.24) is 5.32 Å². The molecule has 0 aliphatic rings. The minimum atomic E-state index is -0.0691. The second-order valence-electron chi connectivity index (χ2n) is 5.76. The van der Waals surface area contributed by atoms with Crippen molar-refractivity contribution in [1.29, 1.82) is 0 Å². The van der Waals surface area contributed by atoms with Crippen molar-refractivity contribution in [2.75, 3.05) is 14.1 Å². The normalized spacial score (nSPS) is 10.8. The second kappa shape index (κ2) is 8.02. The first-order chi connectivity index (χ1) is 9.22. The Morgan fingerprint density at radius 2 is 1.80 bits per heavy atom. The summed E-state index contributed by atoms with van der Waals surface area (Å²) in [5, 5.41) is 12.7. The number of phenols is 1. The number of nitrogens with one attached hydrogen (secondary N) is 1. The van der Waals surface area contributed by atoms with Crippen LogP contribution in [0.2, 0.25) is 0 Å². The van der Waals surface area contributed by atoms with Crippen LogP contribution in [-0.4, -0.2) is 25.0 Å². The third kappa shape index (κ3) is 4.94. The maximum atomic E-state index is 11.8. The van der Waals surface area contributed by atoms with Gasteiger partial charge in [0, 0.05) is 18.5 Å². The Morgan fingerprint density at radius 3 is 2.15 bits per heavy atom. The molecular formula is C16H28N2O2. The summed E-state index contributed by atoms with van der Waals surface area (Å²) in [4.78, 5) is 11.8. The van der Waals surface area contributed by atoms with Gasteiger partial charge in [-0.1, -0.05) is 33.8 Å². The Morgan fingerprint density at radius 1 is 1.30 bits per heavy atom. The Bertz CT molecular complexity index is 449. The largest absolute Gasteiger partial charge is 0.507 e. The molecule has 0 amide bonds. The number of nitrogens with two attached hydrogens (primary N) is 1. The van der Waals surface area contributed by atoms with E-state index >= 15 is 0 Å². The van der Waals surface area contributed by atoms with Crippen LogP contribution < -0.4 is 11.1 Å². The van der Waals surface area contributed by atoms with Gasteiger partial charge in [0.25, 0.3) is 0 Å². The van der Waals surface area contributed by atoms with Crippen LogP contribution >= 0.6 is 0 Å². The Balaban J connectivity index is 0.00000110. The number of aromatic hydroxyl groups is 1. The number of rotatable bonds is 3. The van der Waals surface area contributed by atoms with E-state index in [2.05, 4.69) is 26.1 Å². The van der Waals surface area contributed by atoms with Gasteiger partial charge in [-0.2, -0.15) is 0 Å². The van der Waals surface area contributed by atoms with E-state index in [-0.39, 0.29) is 23.5 Å². The summed E-state index contributed by atoms with van der Waals surface area (Å²) in [6, 6.07) is 3.65. The molecule has 114 valence electrons. The van der Waals surface area contributed by atoms with Crippen molar-refractivity contribution in [3.8, 4) is 5.75 Å². The van der Waals surface area contributed by atoms with E-state index in [1.165, 1.54) is 0 Å². The summed E-state index contributed by atoms with van der Waals surface area (Å²) in [5.41, 5.74) is 7.58. The van der Waals surface area contributed by atoms with Crippen LogP contribution in [0.3, 0.4) is 0 Å². The molecule has 1 aromatic rings. The molecule has 4 heteroatoms. The van der Waals surface area contributed by atoms with Gasteiger partial charge in [0.1, 0.15) is 5.75 Å². The monoisotopic (exact) mass is 280 g/mol. The molecule has 0 aliphatic heterocycles. The van der Waals surface area contributed by atoms with Crippen molar-refractivity contribution < 1.29 is 9.90 Å². The second-order valence-corrected chi connectivity index (χ2v) is 5.76. The van der Waals surface area contributed by atoms with Gasteiger partial charge < -0.3 is 16.2 Å². The van der Waals surface area contributed by atoms with E-state index in [4.69, 9.17) is 5.73 Å². The highest BCUT2D eigenvalue weighted by Gasteiger charge is 2.20. The molecule has 0 radical (unpaired) electrons. The van der Waals surface area contributed by atoms with Crippen LogP contribution in [0.25, 0.3) is 0 Å². The fraction of sp³-hybridized carbons (Fsp3) is 0.562. The average molecular weight is 280 g/mol. The van der Waals surface area contributed by atoms with Gasteiger partial charge in [0.15, 0.2) is 5.78 Å². The third-order valence-electron chi connectivity index (χ3n) is 2.90. The minimum Gasteiger partial charge on any atom is -0.507 e. The fourth-order valence-corrected chi connectivity index (χ4v) is 1.69. The van der Waals surface area contributed by atoms with Crippen LogP contribution in [0.4, 0.5) is 0 Å². The number of benzene rings is 1. The lowest BCUT2D eigenvalue weighted by atomic mass is 9.84. The predicted molar refractivity (Wildman–Crippen MR) is 84.3 cm³/mol. The van der Waals surface area contributed by atoms with Gasteiger partial charge in [0.2, 0.25) is 0 Å². The van der Waals surface area contributed by atoms with Gasteiger partial charge in [-0.05, 0) is 31.1 Å². The first-order valence-electron chi connectivity index (χ1n) is 6.90. The quantitative estimate of drug-likeness (QED) is 0.744. The number of Topliss-reactive ketones (excluding diaryl/α,β-unsaturated/α-hetero) is 1. The fourth-order valence-electron chi connectivity index (χ4n) is 1.69. The van der Waals surface area contributed by atoms with Crippen LogP contribution in [0, 0.1) is 0 Å². The van der Waals surface area contributed by atoms with E-state index in [1.54, 1.807) is 13.0 Å². The molecule has 1 aromatic carbocycles. The van der Waals surface area contributed by atoms with Crippen LogP contribution in [0.1, 0.15) is 55.6 Å². The number of ketones is 1. The van der Waals surface area contributed by atoms with Gasteiger partial charge in [0.05, 0.1) is 5.56 Å². The number of hydrogen-bond donors (Lipinski definition) is 3. The molecule has 0 unspecified atom stereocenters. The molecule has 0 aromatic heterocycles. The van der Waals surface area contributed by atoms with Gasteiger partial charge >= 0.3 is 0 Å². The maximum absolute atomic E-state index is 11.8. The van der Waals surface area contributed by atoms with Crippen LogP contribution in [0.15, 0.2) is 12.1 Å². The minimum absolute atomic E-state index is 0.0346. The molecular weight excluding hydrogens is 252 g/mol. The number of hydrogen-bond acceptors (Lipinski definition) is 4. The van der Waals surface area contributed by atoms with Gasteiger partial charge in [-0.15, -0.1) is 0 Å². The Kier molecular flexibility index (Phi) is 7.46. The van der Waals surface area contributed by atoms with Crippen LogP contribution in [0.5, 0.6) is 5.75 Å². The molecule has 0 bridgehead atoms. The lowest BCUT2D eigenvalue weighted by Crippen LogP contribution is -2.14. The SMILES string of the molecule is CCC(=O)c1cc(C(C)(C)C)cc(CN)c1O.CNC. The van der Waals surface area contributed by atoms with Crippen molar-refractivity contribution in [3.63, 3.8) is 0 Å². The van der Waals surface area contributed by atoms with E-state index in [0.29, 0.717) is 17.5 Å². The standard InChI is InChI=1S/C14H21NO2.C2H7N/c1-5-12(16)11-7-10(14(2,3)4)6-9(8-15)13(11)17;1-3-2/h6-7,17H,5,8,15H2,1-4H3;3H,1-2H3. The first-order valence-corrected chi connectivity index (χ1v) is 6.90. The number of phenolic OH excluding ortho intramolecular Hbond substituents is 1. The zero-order valence-corrected chi connectivity index (χ0v) is 13.5. The molecule has 0 atom stereocenters. The lowest BCUT2D eigenvalue weighted by Gasteiger charge is -2.21. The number of carbonyl (C=O) groups is 1. The molecule has 0 saturated heterocycles. The molecule has 0 spiro atoms. The molecule has 20 heavy (non-hydrogen) atoms. The molecule has 0 aliphatic carbocycles. The molecule has 0 saturated carbocycles. The molecule has 0 fully saturated rings. The topological polar surface area (TPSA) is 75.4 Å². The molecule has 4 N–H and O–H groups in total. The number of carbonyl (C=O) groups excluding carboxylic acids is 1. The summed E-state index contributed by atoms with van der Waals surface area (Å²) in [6.45, 7) is 8.23. The summed E-state index contributed by atoms with van der Waals surface area (Å²) in [5.74, 6) is -0.0179. The van der Waals surface area contributed by atoms with Crippen molar-refractivity contribution in [2.45, 2.75) is 46.1 Å². The molecule has 0 heterocycles. The smallest absolute Gasteiger partial charge is 0.166 e. The summed E-state index contributed by atoms with van der Waals surface area (Å²) < 4.78 is 0.